The van der Waals surface area contributed by atoms with Crippen LogP contribution >= 0.6 is 31.9 Å². The quantitative estimate of drug-likeness (QED) is 0.579. The summed E-state index contributed by atoms with van der Waals surface area (Å²) in [5.41, 5.74) is 0. The molecule has 2 nitrogen and oxygen atoms in total. The number of ether oxygens (including phenoxy) is 1. The highest BCUT2D eigenvalue weighted by Crippen LogP contribution is 2.04. The van der Waals surface area contributed by atoms with Crippen LogP contribution in [0.3, 0.4) is 0 Å². The molecule has 0 aliphatic carbocycles. The van der Waals surface area contributed by atoms with Crippen LogP contribution in [0.2, 0.25) is 0 Å². The molecule has 4 heteroatoms. The molecular formula is C6H10Br2O2. The summed E-state index contributed by atoms with van der Waals surface area (Å²) in [6, 6.07) is 0. The number of halogens is 2. The summed E-state index contributed by atoms with van der Waals surface area (Å²) < 4.78 is 4.92. The van der Waals surface area contributed by atoms with Gasteiger partial charge in [0.2, 0.25) is 0 Å². The highest BCUT2D eigenvalue weighted by atomic mass is 79.9. The fraction of sp³-hybridized carbons (Fsp3) is 0.833. The number of hydrogen-bond acceptors (Lipinski definition) is 2. The Morgan fingerprint density at radius 3 is 2.50 bits per heavy atom. The monoisotopic (exact) mass is 272 g/mol. The molecule has 60 valence electrons. The second kappa shape index (κ2) is 6.16. The second-order valence-electron chi connectivity index (χ2n) is 1.86. The Morgan fingerprint density at radius 1 is 1.60 bits per heavy atom. The van der Waals surface area contributed by atoms with Crippen LogP contribution < -0.4 is 0 Å². The molecule has 0 saturated carbocycles. The standard InChI is InChI=1S/C6H10Br2O2/c1-5(9)10-6(4-8)2-3-7/h6H,2-4H2,1H3/t6-/m0/s1. The smallest absolute Gasteiger partial charge is 0.302 e. The van der Waals surface area contributed by atoms with Crippen molar-refractivity contribution in [3.05, 3.63) is 0 Å². The first-order valence-electron chi connectivity index (χ1n) is 2.99. The third kappa shape index (κ3) is 5.23. The molecule has 0 rings (SSSR count). The summed E-state index contributed by atoms with van der Waals surface area (Å²) in [6.07, 6.45) is 0.863. The molecule has 0 saturated heterocycles. The summed E-state index contributed by atoms with van der Waals surface area (Å²) in [4.78, 5) is 10.4. The minimum absolute atomic E-state index is 0.0110. The number of carbonyl (C=O) groups is 1. The van der Waals surface area contributed by atoms with Crippen LogP contribution in [-0.4, -0.2) is 22.7 Å². The maximum absolute atomic E-state index is 10.4. The Labute approximate surface area is 77.6 Å². The van der Waals surface area contributed by atoms with Crippen molar-refractivity contribution in [1.29, 1.82) is 0 Å². The van der Waals surface area contributed by atoms with Crippen molar-refractivity contribution in [2.24, 2.45) is 0 Å². The van der Waals surface area contributed by atoms with E-state index in [0.717, 1.165) is 11.8 Å². The van der Waals surface area contributed by atoms with Gasteiger partial charge in [-0.05, 0) is 6.42 Å². The van der Waals surface area contributed by atoms with Gasteiger partial charge in [0.25, 0.3) is 0 Å². The summed E-state index contributed by atoms with van der Waals surface area (Å²) >= 11 is 6.52. The number of carbonyl (C=O) groups excluding carboxylic acids is 1. The maximum atomic E-state index is 10.4. The minimum atomic E-state index is -0.217. The Balaban J connectivity index is 3.49. The molecule has 10 heavy (non-hydrogen) atoms. The van der Waals surface area contributed by atoms with Gasteiger partial charge in [0, 0.05) is 17.6 Å². The highest BCUT2D eigenvalue weighted by molar-refractivity contribution is 9.09. The topological polar surface area (TPSA) is 26.3 Å². The minimum Gasteiger partial charge on any atom is -0.462 e. The van der Waals surface area contributed by atoms with Crippen LogP contribution in [0.1, 0.15) is 13.3 Å². The molecule has 0 unspecified atom stereocenters. The van der Waals surface area contributed by atoms with E-state index < -0.39 is 0 Å². The highest BCUT2D eigenvalue weighted by Gasteiger charge is 2.07. The number of rotatable bonds is 4. The average Bonchev–Trinajstić information content (AvgIpc) is 1.86. The van der Waals surface area contributed by atoms with Crippen molar-refractivity contribution >= 4 is 37.8 Å². The first-order valence-corrected chi connectivity index (χ1v) is 5.24. The fourth-order valence-electron chi connectivity index (χ4n) is 0.524. The molecule has 0 amide bonds. The molecule has 0 aromatic carbocycles. The molecule has 0 radical (unpaired) electrons. The van der Waals surface area contributed by atoms with Crippen LogP contribution in [0.15, 0.2) is 0 Å². The van der Waals surface area contributed by atoms with Gasteiger partial charge in [-0.2, -0.15) is 0 Å². The van der Waals surface area contributed by atoms with E-state index in [-0.39, 0.29) is 12.1 Å². The van der Waals surface area contributed by atoms with E-state index in [1.807, 2.05) is 0 Å². The molecular weight excluding hydrogens is 264 g/mol. The summed E-state index contributed by atoms with van der Waals surface area (Å²) in [5, 5.41) is 1.56. The van der Waals surface area contributed by atoms with Crippen LogP contribution in [0.4, 0.5) is 0 Å². The van der Waals surface area contributed by atoms with Gasteiger partial charge in [-0.15, -0.1) is 0 Å². The van der Waals surface area contributed by atoms with E-state index in [1.54, 1.807) is 0 Å². The molecule has 0 heterocycles. The molecule has 0 aliphatic rings. The normalized spacial score (nSPS) is 12.7. The zero-order valence-corrected chi connectivity index (χ0v) is 8.94. The van der Waals surface area contributed by atoms with E-state index >= 15 is 0 Å². The lowest BCUT2D eigenvalue weighted by atomic mass is 10.3. The molecule has 0 aromatic rings. The van der Waals surface area contributed by atoms with Gasteiger partial charge in [-0.1, -0.05) is 31.9 Å². The van der Waals surface area contributed by atoms with Crippen LogP contribution in [0.25, 0.3) is 0 Å². The molecule has 0 aromatic heterocycles. The van der Waals surface area contributed by atoms with E-state index in [1.165, 1.54) is 6.92 Å². The lowest BCUT2D eigenvalue weighted by molar-refractivity contribution is -0.145. The van der Waals surface area contributed by atoms with Gasteiger partial charge < -0.3 is 4.74 Å². The predicted octanol–water partition coefficient (Wildman–Crippen LogP) is 2.10. The van der Waals surface area contributed by atoms with Crippen LogP contribution in [-0.2, 0) is 9.53 Å². The Bertz CT molecular complexity index is 106. The van der Waals surface area contributed by atoms with E-state index in [4.69, 9.17) is 4.74 Å². The Hall–Kier alpha value is 0.430. The van der Waals surface area contributed by atoms with Crippen LogP contribution in [0.5, 0.6) is 0 Å². The zero-order chi connectivity index (χ0) is 7.98. The first-order chi connectivity index (χ1) is 4.70. The lowest BCUT2D eigenvalue weighted by Crippen LogP contribution is -2.17. The predicted molar refractivity (Wildman–Crippen MR) is 47.8 cm³/mol. The van der Waals surface area contributed by atoms with Crippen LogP contribution in [0, 0.1) is 0 Å². The molecule has 0 fully saturated rings. The second-order valence-corrected chi connectivity index (χ2v) is 3.30. The van der Waals surface area contributed by atoms with Crippen molar-refractivity contribution in [2.45, 2.75) is 19.4 Å². The maximum Gasteiger partial charge on any atom is 0.302 e. The average molecular weight is 274 g/mol. The largest absolute Gasteiger partial charge is 0.462 e. The Morgan fingerprint density at radius 2 is 2.20 bits per heavy atom. The van der Waals surface area contributed by atoms with Crippen molar-refractivity contribution < 1.29 is 9.53 Å². The fourth-order valence-corrected chi connectivity index (χ4v) is 1.49. The van der Waals surface area contributed by atoms with Gasteiger partial charge in [-0.25, -0.2) is 0 Å². The van der Waals surface area contributed by atoms with Gasteiger partial charge in [0.15, 0.2) is 0 Å². The van der Waals surface area contributed by atoms with E-state index in [9.17, 15) is 4.79 Å². The van der Waals surface area contributed by atoms with E-state index in [0.29, 0.717) is 5.33 Å². The van der Waals surface area contributed by atoms with Gasteiger partial charge >= 0.3 is 5.97 Å². The van der Waals surface area contributed by atoms with Crippen molar-refractivity contribution in [3.8, 4) is 0 Å². The van der Waals surface area contributed by atoms with Gasteiger partial charge in [-0.3, -0.25) is 4.79 Å². The van der Waals surface area contributed by atoms with E-state index in [2.05, 4.69) is 31.9 Å². The summed E-state index contributed by atoms with van der Waals surface area (Å²) in [5.74, 6) is -0.217. The van der Waals surface area contributed by atoms with Gasteiger partial charge in [0.05, 0.1) is 0 Å². The van der Waals surface area contributed by atoms with Crippen molar-refractivity contribution in [2.75, 3.05) is 10.7 Å². The number of hydrogen-bond donors (Lipinski definition) is 0. The third-order valence-corrected chi connectivity index (χ3v) is 2.12. The van der Waals surface area contributed by atoms with Crippen molar-refractivity contribution in [3.63, 3.8) is 0 Å². The van der Waals surface area contributed by atoms with Crippen molar-refractivity contribution in [1.82, 2.24) is 0 Å². The molecule has 0 N–H and O–H groups in total. The number of alkyl halides is 2. The first kappa shape index (κ1) is 10.4. The van der Waals surface area contributed by atoms with Gasteiger partial charge in [0.1, 0.15) is 6.10 Å². The Kier molecular flexibility index (Phi) is 6.43. The lowest BCUT2D eigenvalue weighted by Gasteiger charge is -2.11. The number of esters is 1. The SMILES string of the molecule is CC(=O)O[C@H](CBr)CCBr. The summed E-state index contributed by atoms with van der Waals surface area (Å²) in [6.45, 7) is 1.42. The molecule has 0 aliphatic heterocycles. The molecule has 0 spiro atoms. The third-order valence-electron chi connectivity index (χ3n) is 0.936. The summed E-state index contributed by atoms with van der Waals surface area (Å²) in [7, 11) is 0. The zero-order valence-electron chi connectivity index (χ0n) is 5.77. The molecule has 0 bridgehead atoms. The molecule has 1 atom stereocenters.